The van der Waals surface area contributed by atoms with Crippen LogP contribution in [0, 0.1) is 23.2 Å². The normalized spacial score (nSPS) is 28.2. The predicted molar refractivity (Wildman–Crippen MR) is 76.3 cm³/mol. The molecule has 1 saturated carbocycles. The van der Waals surface area contributed by atoms with E-state index in [1.54, 1.807) is 11.3 Å². The lowest BCUT2D eigenvalue weighted by Crippen LogP contribution is -2.41. The van der Waals surface area contributed by atoms with E-state index in [0.29, 0.717) is 6.04 Å². The van der Waals surface area contributed by atoms with Gasteiger partial charge in [-0.05, 0) is 54.6 Å². The van der Waals surface area contributed by atoms with Crippen molar-refractivity contribution in [3.8, 4) is 6.07 Å². The molecule has 3 atom stereocenters. The van der Waals surface area contributed by atoms with Gasteiger partial charge in [0.25, 0.3) is 0 Å². The minimum atomic E-state index is 0.219. The van der Waals surface area contributed by atoms with Gasteiger partial charge in [-0.2, -0.15) is 16.6 Å². The van der Waals surface area contributed by atoms with Crippen molar-refractivity contribution in [2.45, 2.75) is 45.2 Å². The molecule has 1 aromatic rings. The first-order valence-corrected chi connectivity index (χ1v) is 7.79. The Morgan fingerprint density at radius 2 is 2.33 bits per heavy atom. The molecular formula is C15H22N2S. The first-order chi connectivity index (χ1) is 8.74. The molecule has 98 valence electrons. The molecule has 2 nitrogen and oxygen atoms in total. The summed E-state index contributed by atoms with van der Waals surface area (Å²) < 4.78 is 0. The van der Waals surface area contributed by atoms with E-state index in [2.05, 4.69) is 41.8 Å². The number of hydrogen-bond acceptors (Lipinski definition) is 3. The van der Waals surface area contributed by atoms with Gasteiger partial charge in [-0.15, -0.1) is 0 Å². The third-order valence-electron chi connectivity index (χ3n) is 4.25. The van der Waals surface area contributed by atoms with Crippen LogP contribution < -0.4 is 0 Å². The Bertz CT molecular complexity index is 393. The highest BCUT2D eigenvalue weighted by Crippen LogP contribution is 2.33. The van der Waals surface area contributed by atoms with Gasteiger partial charge in [0.05, 0.1) is 12.0 Å². The highest BCUT2D eigenvalue weighted by Gasteiger charge is 2.32. The van der Waals surface area contributed by atoms with E-state index in [-0.39, 0.29) is 5.92 Å². The molecule has 1 heterocycles. The zero-order valence-corrected chi connectivity index (χ0v) is 12.1. The van der Waals surface area contributed by atoms with E-state index in [0.717, 1.165) is 18.9 Å². The summed E-state index contributed by atoms with van der Waals surface area (Å²) in [6.45, 7) is 3.25. The molecule has 0 N–H and O–H groups in total. The van der Waals surface area contributed by atoms with Crippen molar-refractivity contribution in [1.82, 2.24) is 4.90 Å². The molecule has 1 aliphatic carbocycles. The first kappa shape index (κ1) is 13.6. The maximum atomic E-state index is 9.32. The summed E-state index contributed by atoms with van der Waals surface area (Å²) in [4.78, 5) is 2.39. The van der Waals surface area contributed by atoms with Crippen LogP contribution in [0.15, 0.2) is 16.8 Å². The van der Waals surface area contributed by atoms with Gasteiger partial charge in [0.1, 0.15) is 0 Å². The lowest BCUT2D eigenvalue weighted by atomic mass is 9.77. The molecule has 1 aliphatic rings. The van der Waals surface area contributed by atoms with Crippen LogP contribution in [-0.2, 0) is 6.54 Å². The number of rotatable bonds is 4. The van der Waals surface area contributed by atoms with Gasteiger partial charge in [0, 0.05) is 12.6 Å². The summed E-state index contributed by atoms with van der Waals surface area (Å²) in [6.07, 6.45) is 4.75. The maximum Gasteiger partial charge on any atom is 0.0672 e. The van der Waals surface area contributed by atoms with E-state index in [4.69, 9.17) is 0 Å². The van der Waals surface area contributed by atoms with Gasteiger partial charge in [0.15, 0.2) is 0 Å². The molecule has 18 heavy (non-hydrogen) atoms. The summed E-state index contributed by atoms with van der Waals surface area (Å²) >= 11 is 1.75. The van der Waals surface area contributed by atoms with Gasteiger partial charge >= 0.3 is 0 Å². The van der Waals surface area contributed by atoms with Gasteiger partial charge in [0.2, 0.25) is 0 Å². The fraction of sp³-hybridized carbons (Fsp3) is 0.667. The fourth-order valence-electron chi connectivity index (χ4n) is 3.03. The molecule has 0 bridgehead atoms. The van der Waals surface area contributed by atoms with Crippen LogP contribution in [0.1, 0.15) is 38.2 Å². The second-order valence-corrected chi connectivity index (χ2v) is 6.22. The zero-order valence-electron chi connectivity index (χ0n) is 11.3. The smallest absolute Gasteiger partial charge is 0.0672 e. The Kier molecular flexibility index (Phi) is 4.79. The molecule has 0 aliphatic heterocycles. The maximum absolute atomic E-state index is 9.32. The van der Waals surface area contributed by atoms with Gasteiger partial charge in [-0.3, -0.25) is 4.90 Å². The number of hydrogen-bond donors (Lipinski definition) is 0. The summed E-state index contributed by atoms with van der Waals surface area (Å²) in [6, 6.07) is 5.14. The minimum Gasteiger partial charge on any atom is -0.298 e. The highest BCUT2D eigenvalue weighted by atomic mass is 32.1. The quantitative estimate of drug-likeness (QED) is 0.823. The van der Waals surface area contributed by atoms with Crippen LogP contribution in [0.5, 0.6) is 0 Å². The summed E-state index contributed by atoms with van der Waals surface area (Å²) in [7, 11) is 2.17. The second kappa shape index (κ2) is 6.36. The van der Waals surface area contributed by atoms with E-state index in [1.807, 2.05) is 0 Å². The van der Waals surface area contributed by atoms with Crippen LogP contribution in [0.25, 0.3) is 0 Å². The third kappa shape index (κ3) is 3.13. The molecule has 0 amide bonds. The molecule has 0 radical (unpaired) electrons. The topological polar surface area (TPSA) is 27.0 Å². The predicted octanol–water partition coefficient (Wildman–Crippen LogP) is 3.90. The Hall–Kier alpha value is -0.850. The van der Waals surface area contributed by atoms with Crippen LogP contribution in [-0.4, -0.2) is 18.0 Å². The van der Waals surface area contributed by atoms with Gasteiger partial charge in [-0.1, -0.05) is 13.3 Å². The lowest BCUT2D eigenvalue weighted by molar-refractivity contribution is 0.118. The van der Waals surface area contributed by atoms with Gasteiger partial charge < -0.3 is 0 Å². The summed E-state index contributed by atoms with van der Waals surface area (Å²) in [5, 5.41) is 13.7. The SMILES string of the molecule is CCC1CCC(C#N)C(N(C)Cc2ccsc2)C1. The molecule has 0 aromatic carbocycles. The third-order valence-corrected chi connectivity index (χ3v) is 4.98. The van der Waals surface area contributed by atoms with Crippen LogP contribution in [0.3, 0.4) is 0 Å². The van der Waals surface area contributed by atoms with Crippen LogP contribution in [0.4, 0.5) is 0 Å². The molecule has 1 fully saturated rings. The zero-order chi connectivity index (χ0) is 13.0. The minimum absolute atomic E-state index is 0.219. The fourth-order valence-corrected chi connectivity index (χ4v) is 3.69. The van der Waals surface area contributed by atoms with Crippen molar-refractivity contribution >= 4 is 11.3 Å². The van der Waals surface area contributed by atoms with Crippen LogP contribution in [0.2, 0.25) is 0 Å². The molecule has 1 aromatic heterocycles. The van der Waals surface area contributed by atoms with E-state index in [1.165, 1.54) is 24.8 Å². The largest absolute Gasteiger partial charge is 0.298 e. The van der Waals surface area contributed by atoms with Gasteiger partial charge in [-0.25, -0.2) is 0 Å². The van der Waals surface area contributed by atoms with Crippen molar-refractivity contribution in [1.29, 1.82) is 5.26 Å². The Balaban J connectivity index is 2.01. The van der Waals surface area contributed by atoms with E-state index >= 15 is 0 Å². The average molecular weight is 262 g/mol. The monoisotopic (exact) mass is 262 g/mol. The molecule has 3 heteroatoms. The average Bonchev–Trinajstić information content (AvgIpc) is 2.90. The number of nitrogens with zero attached hydrogens (tertiary/aromatic N) is 2. The standard InChI is InChI=1S/C15H22N2S/c1-3-12-4-5-14(9-16)15(8-12)17(2)10-13-6-7-18-11-13/h6-7,11-12,14-15H,3-5,8,10H2,1-2H3. The first-order valence-electron chi connectivity index (χ1n) is 6.85. The Morgan fingerprint density at radius 3 is 2.94 bits per heavy atom. The molecular weight excluding hydrogens is 240 g/mol. The van der Waals surface area contributed by atoms with Crippen molar-refractivity contribution in [2.75, 3.05) is 7.05 Å². The van der Waals surface area contributed by atoms with Crippen molar-refractivity contribution in [2.24, 2.45) is 11.8 Å². The van der Waals surface area contributed by atoms with Crippen molar-refractivity contribution in [3.63, 3.8) is 0 Å². The lowest BCUT2D eigenvalue weighted by Gasteiger charge is -2.38. The summed E-state index contributed by atoms with van der Waals surface area (Å²) in [5.74, 6) is 1.03. The van der Waals surface area contributed by atoms with E-state index in [9.17, 15) is 5.26 Å². The number of thiophene rings is 1. The number of nitriles is 1. The van der Waals surface area contributed by atoms with Crippen molar-refractivity contribution in [3.05, 3.63) is 22.4 Å². The van der Waals surface area contributed by atoms with Crippen molar-refractivity contribution < 1.29 is 0 Å². The van der Waals surface area contributed by atoms with Crippen LogP contribution >= 0.6 is 11.3 Å². The molecule has 3 unspecified atom stereocenters. The Morgan fingerprint density at radius 1 is 1.50 bits per heavy atom. The molecule has 0 saturated heterocycles. The summed E-state index contributed by atoms with van der Waals surface area (Å²) in [5.41, 5.74) is 1.37. The highest BCUT2D eigenvalue weighted by molar-refractivity contribution is 7.07. The Labute approximate surface area is 114 Å². The van der Waals surface area contributed by atoms with E-state index < -0.39 is 0 Å². The second-order valence-electron chi connectivity index (χ2n) is 5.44. The molecule has 0 spiro atoms. The molecule has 2 rings (SSSR count).